The van der Waals surface area contributed by atoms with E-state index in [1.54, 1.807) is 22.9 Å². The first-order chi connectivity index (χ1) is 16.7. The fourth-order valence-corrected chi connectivity index (χ4v) is 3.70. The third-order valence-corrected chi connectivity index (χ3v) is 5.12. The Hall–Kier alpha value is -4.20. The minimum absolute atomic E-state index is 0.158. The molecule has 0 spiro atoms. The maximum absolute atomic E-state index is 13.8. The molecule has 0 saturated carbocycles. The Bertz CT molecular complexity index is 1610. The molecule has 160 valence electrons. The van der Waals surface area contributed by atoms with Gasteiger partial charge in [-0.15, -0.1) is 0 Å². The van der Waals surface area contributed by atoms with Gasteiger partial charge in [0.05, 0.1) is 35.2 Å². The van der Waals surface area contributed by atoms with Crippen LogP contribution in [-0.2, 0) is 7.05 Å². The number of benzene rings is 2. The van der Waals surface area contributed by atoms with Gasteiger partial charge in [0.2, 0.25) is 5.88 Å². The normalized spacial score (nSPS) is 13.0. The molecule has 0 unspecified atom stereocenters. The van der Waals surface area contributed by atoms with E-state index in [4.69, 9.17) is 13.6 Å². The van der Waals surface area contributed by atoms with Crippen molar-refractivity contribution in [3.8, 4) is 28.4 Å². The van der Waals surface area contributed by atoms with E-state index in [-0.39, 0.29) is 11.3 Å². The molecular weight excluding hydrogens is 406 g/mol. The molecule has 0 aliphatic carbocycles. The van der Waals surface area contributed by atoms with Gasteiger partial charge < -0.3 is 9.47 Å². The maximum Gasteiger partial charge on any atom is 0.264 e. The minimum atomic E-state index is -2.58. The van der Waals surface area contributed by atoms with Crippen LogP contribution in [0, 0.1) is 0 Å². The van der Waals surface area contributed by atoms with E-state index in [1.807, 2.05) is 38.4 Å². The van der Waals surface area contributed by atoms with Crippen LogP contribution in [0.4, 0.5) is 0 Å². The molecule has 8 heteroatoms. The number of fused-ring (bicyclic) bond motifs is 2. The number of aromatic nitrogens is 5. The van der Waals surface area contributed by atoms with Gasteiger partial charge in [-0.25, -0.2) is 4.98 Å². The van der Waals surface area contributed by atoms with Gasteiger partial charge in [0.25, 0.3) is 5.56 Å². The molecule has 5 rings (SSSR count). The molecule has 0 radical (unpaired) electrons. The lowest BCUT2D eigenvalue weighted by atomic mass is 10.0. The molecule has 0 aliphatic heterocycles. The number of pyridine rings is 1. The molecule has 5 aromatic rings. The second-order valence-corrected chi connectivity index (χ2v) is 7.22. The van der Waals surface area contributed by atoms with Crippen LogP contribution in [0.25, 0.3) is 38.9 Å². The zero-order chi connectivity index (χ0) is 24.7. The molecular formula is C24H21N5O3. The van der Waals surface area contributed by atoms with Gasteiger partial charge in [-0.2, -0.15) is 10.1 Å². The fraction of sp³-hybridized carbons (Fsp3) is 0.167. The van der Waals surface area contributed by atoms with Crippen molar-refractivity contribution in [3.05, 3.63) is 71.3 Å². The highest BCUT2D eigenvalue weighted by molar-refractivity contribution is 5.86. The molecule has 0 saturated heterocycles. The average molecular weight is 430 g/mol. The lowest BCUT2D eigenvalue weighted by molar-refractivity contribution is 0.326. The summed E-state index contributed by atoms with van der Waals surface area (Å²) in [5.41, 5.74) is 2.95. The van der Waals surface area contributed by atoms with Gasteiger partial charge in [-0.1, -0.05) is 6.07 Å². The van der Waals surface area contributed by atoms with E-state index in [1.165, 1.54) is 22.9 Å². The number of ether oxygens (including phenoxy) is 2. The van der Waals surface area contributed by atoms with E-state index in [0.717, 1.165) is 10.9 Å². The second-order valence-electron chi connectivity index (χ2n) is 7.22. The summed E-state index contributed by atoms with van der Waals surface area (Å²) in [6.07, 6.45) is 3.40. The predicted octanol–water partition coefficient (Wildman–Crippen LogP) is 3.74. The predicted molar refractivity (Wildman–Crippen MR) is 123 cm³/mol. The Balaban J connectivity index is 1.72. The van der Waals surface area contributed by atoms with Crippen molar-refractivity contribution in [2.24, 2.45) is 7.05 Å². The SMILES string of the molecule is [2H]C([2H])([2H])Oc1ccc(-n2c(=O)c(-c3ccc4nn(C)cc4c3)cc3ncc(OCC)nc32)cc1. The Morgan fingerprint density at radius 2 is 1.94 bits per heavy atom. The summed E-state index contributed by atoms with van der Waals surface area (Å²) in [6.45, 7) is 2.23. The van der Waals surface area contributed by atoms with Crippen LogP contribution in [0.2, 0.25) is 0 Å². The van der Waals surface area contributed by atoms with Crippen molar-refractivity contribution in [2.45, 2.75) is 6.92 Å². The zero-order valence-electron chi connectivity index (χ0n) is 20.4. The highest BCUT2D eigenvalue weighted by Gasteiger charge is 2.16. The summed E-state index contributed by atoms with van der Waals surface area (Å²) in [5, 5.41) is 5.29. The summed E-state index contributed by atoms with van der Waals surface area (Å²) in [6, 6.07) is 13.5. The van der Waals surface area contributed by atoms with Gasteiger partial charge in [0.1, 0.15) is 11.3 Å². The quantitative estimate of drug-likeness (QED) is 0.422. The topological polar surface area (TPSA) is 84.1 Å². The molecule has 0 aliphatic rings. The number of hydrogen-bond acceptors (Lipinski definition) is 6. The molecule has 32 heavy (non-hydrogen) atoms. The van der Waals surface area contributed by atoms with Gasteiger partial charge >= 0.3 is 0 Å². The second kappa shape index (κ2) is 7.81. The van der Waals surface area contributed by atoms with E-state index in [9.17, 15) is 4.79 Å². The number of methoxy groups -OCH3 is 1. The maximum atomic E-state index is 13.8. The summed E-state index contributed by atoms with van der Waals surface area (Å²) in [7, 11) is -0.735. The first-order valence-electron chi connectivity index (χ1n) is 11.5. The van der Waals surface area contributed by atoms with Crippen LogP contribution in [0.3, 0.4) is 0 Å². The largest absolute Gasteiger partial charge is 0.497 e. The summed E-state index contributed by atoms with van der Waals surface area (Å²) >= 11 is 0. The van der Waals surface area contributed by atoms with E-state index in [0.29, 0.717) is 40.5 Å². The first-order valence-corrected chi connectivity index (χ1v) is 10.0. The first kappa shape index (κ1) is 16.5. The highest BCUT2D eigenvalue weighted by Crippen LogP contribution is 2.26. The Kier molecular flexibility index (Phi) is 4.02. The van der Waals surface area contributed by atoms with Crippen LogP contribution in [0.15, 0.2) is 65.7 Å². The molecule has 0 fully saturated rings. The van der Waals surface area contributed by atoms with Gasteiger partial charge in [0, 0.05) is 24.2 Å². The lowest BCUT2D eigenvalue weighted by Crippen LogP contribution is -2.22. The number of hydrogen-bond donors (Lipinski definition) is 0. The van der Waals surface area contributed by atoms with Gasteiger partial charge in [-0.05, 0) is 55.0 Å². The van der Waals surface area contributed by atoms with Crippen LogP contribution >= 0.6 is 0 Å². The van der Waals surface area contributed by atoms with Crippen LogP contribution in [0.1, 0.15) is 11.0 Å². The Morgan fingerprint density at radius 1 is 1.09 bits per heavy atom. The van der Waals surface area contributed by atoms with E-state index in [2.05, 4.69) is 15.1 Å². The highest BCUT2D eigenvalue weighted by atomic mass is 16.5. The smallest absolute Gasteiger partial charge is 0.264 e. The average Bonchev–Trinajstić information content (AvgIpc) is 3.18. The van der Waals surface area contributed by atoms with Crippen molar-refractivity contribution in [2.75, 3.05) is 13.6 Å². The molecule has 0 N–H and O–H groups in total. The molecule has 0 bridgehead atoms. The van der Waals surface area contributed by atoms with Crippen molar-refractivity contribution in [3.63, 3.8) is 0 Å². The van der Waals surface area contributed by atoms with Gasteiger partial charge in [-0.3, -0.25) is 14.0 Å². The standard InChI is InChI=1S/C24H21N5O3/c1-4-32-22-13-25-21-12-19(15-5-10-20-16(11-15)14-28(2)27-20)24(30)29(23(21)26-22)17-6-8-18(31-3)9-7-17/h5-14H,4H2,1-3H3/i3D3. The molecule has 0 atom stereocenters. The van der Waals surface area contributed by atoms with Crippen LogP contribution in [0.5, 0.6) is 11.6 Å². The van der Waals surface area contributed by atoms with Crippen molar-refractivity contribution < 1.29 is 13.6 Å². The van der Waals surface area contributed by atoms with E-state index >= 15 is 0 Å². The van der Waals surface area contributed by atoms with Crippen LogP contribution in [-0.4, -0.2) is 38.0 Å². The minimum Gasteiger partial charge on any atom is -0.497 e. The van der Waals surface area contributed by atoms with Crippen molar-refractivity contribution >= 4 is 22.1 Å². The third-order valence-electron chi connectivity index (χ3n) is 5.12. The molecule has 3 heterocycles. The monoisotopic (exact) mass is 430 g/mol. The Labute approximate surface area is 187 Å². The zero-order valence-corrected chi connectivity index (χ0v) is 17.4. The van der Waals surface area contributed by atoms with Crippen molar-refractivity contribution in [1.29, 1.82) is 0 Å². The number of aryl methyl sites for hydroxylation is 1. The lowest BCUT2D eigenvalue weighted by Gasteiger charge is -2.13. The molecule has 2 aromatic carbocycles. The summed E-state index contributed by atoms with van der Waals surface area (Å²) in [5.74, 6) is 0.449. The summed E-state index contributed by atoms with van der Waals surface area (Å²) in [4.78, 5) is 22.8. The number of nitrogens with zero attached hydrogens (tertiary/aromatic N) is 5. The van der Waals surface area contributed by atoms with Gasteiger partial charge in [0.15, 0.2) is 5.65 Å². The summed E-state index contributed by atoms with van der Waals surface area (Å²) < 4.78 is 35.5. The van der Waals surface area contributed by atoms with Crippen LogP contribution < -0.4 is 15.0 Å². The van der Waals surface area contributed by atoms with E-state index < -0.39 is 7.04 Å². The van der Waals surface area contributed by atoms with Crippen molar-refractivity contribution in [1.82, 2.24) is 24.3 Å². The Morgan fingerprint density at radius 3 is 2.72 bits per heavy atom. The third kappa shape index (κ3) is 3.35. The molecule has 8 nitrogen and oxygen atoms in total. The molecule has 0 amide bonds. The number of rotatable bonds is 5. The molecule has 3 aromatic heterocycles. The fourth-order valence-electron chi connectivity index (χ4n) is 3.70.